The van der Waals surface area contributed by atoms with E-state index in [0.29, 0.717) is 5.02 Å². The topological polar surface area (TPSA) is 17.1 Å². The number of Topliss-reactive ketones (excluding diaryl/α,β-unsaturated/α-hetero) is 1. The van der Waals surface area contributed by atoms with Crippen LogP contribution in [0, 0.1) is 11.6 Å². The number of rotatable bonds is 4. The van der Waals surface area contributed by atoms with Gasteiger partial charge < -0.3 is 0 Å². The lowest BCUT2D eigenvalue weighted by atomic mass is 10.1. The maximum absolute atomic E-state index is 13.4. The molecule has 1 nitrogen and oxygen atoms in total. The average molecular weight is 299 g/mol. The van der Waals surface area contributed by atoms with Crippen molar-refractivity contribution in [3.8, 4) is 0 Å². The van der Waals surface area contributed by atoms with Gasteiger partial charge >= 0.3 is 0 Å². The molecule has 2 aromatic carbocycles. The molecule has 0 N–H and O–H groups in total. The summed E-state index contributed by atoms with van der Waals surface area (Å²) in [5.74, 6) is -2.54. The van der Waals surface area contributed by atoms with Gasteiger partial charge in [-0.3, -0.25) is 4.79 Å². The first kappa shape index (κ1) is 14.0. The van der Waals surface area contributed by atoms with Crippen LogP contribution >= 0.6 is 23.4 Å². The zero-order valence-electron chi connectivity index (χ0n) is 9.70. The summed E-state index contributed by atoms with van der Waals surface area (Å²) >= 11 is 7.04. The number of hydrogen-bond donors (Lipinski definition) is 0. The van der Waals surface area contributed by atoms with E-state index in [1.807, 2.05) is 0 Å². The summed E-state index contributed by atoms with van der Waals surface area (Å²) in [5, 5.41) is 0.564. The van der Waals surface area contributed by atoms with Crippen LogP contribution in [0.1, 0.15) is 10.4 Å². The lowest BCUT2D eigenvalue weighted by molar-refractivity contribution is 0.101. The average Bonchev–Trinajstić information content (AvgIpc) is 2.39. The van der Waals surface area contributed by atoms with Gasteiger partial charge in [0.2, 0.25) is 0 Å². The molecule has 0 aromatic heterocycles. The van der Waals surface area contributed by atoms with E-state index in [1.165, 1.54) is 23.9 Å². The fourth-order valence-corrected chi connectivity index (χ4v) is 2.60. The molecule has 0 amide bonds. The van der Waals surface area contributed by atoms with Crippen molar-refractivity contribution in [1.29, 1.82) is 0 Å². The van der Waals surface area contributed by atoms with Crippen molar-refractivity contribution in [3.05, 3.63) is 64.7 Å². The Morgan fingerprint density at radius 2 is 1.89 bits per heavy atom. The molecule has 0 saturated carbocycles. The Hall–Kier alpha value is -1.39. The SMILES string of the molecule is O=C(CSc1cccc(Cl)c1)c1cccc(F)c1F. The summed E-state index contributed by atoms with van der Waals surface area (Å²) in [6, 6.07) is 10.6. The highest BCUT2D eigenvalue weighted by Gasteiger charge is 2.15. The van der Waals surface area contributed by atoms with E-state index in [9.17, 15) is 13.6 Å². The van der Waals surface area contributed by atoms with Crippen molar-refractivity contribution in [2.24, 2.45) is 0 Å². The molecule has 0 aliphatic heterocycles. The molecule has 0 unspecified atom stereocenters. The van der Waals surface area contributed by atoms with Crippen LogP contribution < -0.4 is 0 Å². The highest BCUT2D eigenvalue weighted by molar-refractivity contribution is 8.00. The van der Waals surface area contributed by atoms with E-state index in [2.05, 4.69) is 0 Å². The second-order valence-electron chi connectivity index (χ2n) is 3.77. The Bertz CT molecular complexity index is 616. The minimum absolute atomic E-state index is 0.0285. The highest BCUT2D eigenvalue weighted by atomic mass is 35.5. The fourth-order valence-electron chi connectivity index (χ4n) is 1.50. The molecule has 0 spiro atoms. The predicted octanol–water partition coefficient (Wildman–Crippen LogP) is 4.59. The van der Waals surface area contributed by atoms with Crippen LogP contribution in [-0.2, 0) is 0 Å². The number of ketones is 1. The Balaban J connectivity index is 2.08. The molecule has 0 saturated heterocycles. The van der Waals surface area contributed by atoms with Gasteiger partial charge in [0.25, 0.3) is 0 Å². The van der Waals surface area contributed by atoms with E-state index in [0.717, 1.165) is 11.0 Å². The molecular formula is C14H9ClF2OS. The Morgan fingerprint density at radius 3 is 2.63 bits per heavy atom. The van der Waals surface area contributed by atoms with Crippen LogP contribution in [0.25, 0.3) is 0 Å². The predicted molar refractivity (Wildman–Crippen MR) is 72.9 cm³/mol. The largest absolute Gasteiger partial charge is 0.293 e. The van der Waals surface area contributed by atoms with Crippen LogP contribution in [-0.4, -0.2) is 11.5 Å². The lowest BCUT2D eigenvalue weighted by Crippen LogP contribution is -2.06. The van der Waals surface area contributed by atoms with Gasteiger partial charge in [-0.1, -0.05) is 23.7 Å². The molecule has 0 bridgehead atoms. The van der Waals surface area contributed by atoms with Crippen molar-refractivity contribution in [2.75, 3.05) is 5.75 Å². The van der Waals surface area contributed by atoms with Crippen molar-refractivity contribution in [3.63, 3.8) is 0 Å². The molecule has 0 fully saturated rings. The molecule has 0 aliphatic carbocycles. The van der Waals surface area contributed by atoms with Crippen LogP contribution in [0.15, 0.2) is 47.4 Å². The summed E-state index contributed by atoms with van der Waals surface area (Å²) in [4.78, 5) is 12.6. The second-order valence-corrected chi connectivity index (χ2v) is 5.26. The molecule has 2 aromatic rings. The number of hydrogen-bond acceptors (Lipinski definition) is 2. The van der Waals surface area contributed by atoms with Crippen LogP contribution in [0.4, 0.5) is 8.78 Å². The molecular weight excluding hydrogens is 290 g/mol. The van der Waals surface area contributed by atoms with Gasteiger partial charge in [-0.2, -0.15) is 0 Å². The third-order valence-corrected chi connectivity index (χ3v) is 3.65. The zero-order valence-corrected chi connectivity index (χ0v) is 11.3. The van der Waals surface area contributed by atoms with Gasteiger partial charge in [-0.15, -0.1) is 11.8 Å². The first-order valence-electron chi connectivity index (χ1n) is 5.43. The van der Waals surface area contributed by atoms with Gasteiger partial charge in [0, 0.05) is 9.92 Å². The third-order valence-electron chi connectivity index (χ3n) is 2.42. The van der Waals surface area contributed by atoms with Gasteiger partial charge in [-0.05, 0) is 30.3 Å². The standard InChI is InChI=1S/C14H9ClF2OS/c15-9-3-1-4-10(7-9)19-8-13(18)11-5-2-6-12(16)14(11)17/h1-7H,8H2. The van der Waals surface area contributed by atoms with Gasteiger partial charge in [0.15, 0.2) is 17.4 Å². The Labute approximate surface area is 118 Å². The molecule has 0 radical (unpaired) electrons. The molecule has 98 valence electrons. The minimum atomic E-state index is -1.10. The van der Waals surface area contributed by atoms with Gasteiger partial charge in [0.1, 0.15) is 0 Å². The van der Waals surface area contributed by atoms with Crippen LogP contribution in [0.2, 0.25) is 5.02 Å². The number of carbonyl (C=O) groups excluding carboxylic acids is 1. The summed E-state index contributed by atoms with van der Waals surface area (Å²) in [7, 11) is 0. The number of benzene rings is 2. The zero-order chi connectivity index (χ0) is 13.8. The smallest absolute Gasteiger partial charge is 0.176 e. The molecule has 0 atom stereocenters. The van der Waals surface area contributed by atoms with Crippen LogP contribution in [0.5, 0.6) is 0 Å². The fraction of sp³-hybridized carbons (Fsp3) is 0.0714. The highest BCUT2D eigenvalue weighted by Crippen LogP contribution is 2.23. The van der Waals surface area contributed by atoms with E-state index in [1.54, 1.807) is 24.3 Å². The molecule has 0 heterocycles. The summed E-state index contributed by atoms with van der Waals surface area (Å²) in [5.41, 5.74) is -0.227. The van der Waals surface area contributed by atoms with Crippen molar-refractivity contribution in [1.82, 2.24) is 0 Å². The van der Waals surface area contributed by atoms with E-state index in [-0.39, 0.29) is 11.3 Å². The van der Waals surface area contributed by atoms with Crippen molar-refractivity contribution in [2.45, 2.75) is 4.90 Å². The molecule has 5 heteroatoms. The first-order chi connectivity index (χ1) is 9.08. The van der Waals surface area contributed by atoms with Crippen molar-refractivity contribution >= 4 is 29.1 Å². The third kappa shape index (κ3) is 3.55. The summed E-state index contributed by atoms with van der Waals surface area (Å²) < 4.78 is 26.4. The number of halogens is 3. The monoisotopic (exact) mass is 298 g/mol. The second kappa shape index (κ2) is 6.17. The summed E-state index contributed by atoms with van der Waals surface area (Å²) in [6.45, 7) is 0. The quantitative estimate of drug-likeness (QED) is 0.606. The summed E-state index contributed by atoms with van der Waals surface area (Å²) in [6.07, 6.45) is 0. The maximum atomic E-state index is 13.4. The van der Waals surface area contributed by atoms with Crippen molar-refractivity contribution < 1.29 is 13.6 Å². The van der Waals surface area contributed by atoms with Crippen LogP contribution in [0.3, 0.4) is 0 Å². The molecule has 0 aliphatic rings. The van der Waals surface area contributed by atoms with Gasteiger partial charge in [0.05, 0.1) is 11.3 Å². The minimum Gasteiger partial charge on any atom is -0.293 e. The number of carbonyl (C=O) groups is 1. The normalized spacial score (nSPS) is 10.5. The molecule has 19 heavy (non-hydrogen) atoms. The van der Waals surface area contributed by atoms with Gasteiger partial charge in [-0.25, -0.2) is 8.78 Å². The number of thioether (sulfide) groups is 1. The molecule has 2 rings (SSSR count). The van der Waals surface area contributed by atoms with E-state index < -0.39 is 17.4 Å². The van der Waals surface area contributed by atoms with E-state index >= 15 is 0 Å². The first-order valence-corrected chi connectivity index (χ1v) is 6.80. The Morgan fingerprint density at radius 1 is 1.16 bits per heavy atom. The van der Waals surface area contributed by atoms with E-state index in [4.69, 9.17) is 11.6 Å². The lowest BCUT2D eigenvalue weighted by Gasteiger charge is -2.04. The maximum Gasteiger partial charge on any atom is 0.176 e. The Kier molecular flexibility index (Phi) is 4.56.